The van der Waals surface area contributed by atoms with Gasteiger partial charge in [0.25, 0.3) is 0 Å². The lowest BCUT2D eigenvalue weighted by Gasteiger charge is -2.31. The third-order valence-corrected chi connectivity index (χ3v) is 4.26. The number of nitrogens with one attached hydrogen (secondary N) is 1. The first-order valence-electron chi connectivity index (χ1n) is 7.31. The zero-order valence-electron chi connectivity index (χ0n) is 11.8. The highest BCUT2D eigenvalue weighted by molar-refractivity contribution is 5.32. The van der Waals surface area contributed by atoms with Gasteiger partial charge < -0.3 is 4.42 Å². The Labute approximate surface area is 119 Å². The Morgan fingerprint density at radius 1 is 1.50 bits per heavy atom. The lowest BCUT2D eigenvalue weighted by molar-refractivity contribution is 0.391. The lowest BCUT2D eigenvalue weighted by Crippen LogP contribution is -2.34. The van der Waals surface area contributed by atoms with Crippen LogP contribution in [0.5, 0.6) is 0 Å². The number of hydrogen-bond acceptors (Lipinski definition) is 4. The summed E-state index contributed by atoms with van der Waals surface area (Å²) in [5.74, 6) is 7.18. The van der Waals surface area contributed by atoms with Gasteiger partial charge in [0.05, 0.1) is 12.3 Å². The Morgan fingerprint density at radius 2 is 2.40 bits per heavy atom. The number of furan rings is 1. The van der Waals surface area contributed by atoms with E-state index in [0.717, 1.165) is 25.0 Å². The maximum atomic E-state index is 5.86. The fraction of sp³-hybridized carbons (Fsp3) is 0.438. The Morgan fingerprint density at radius 3 is 3.20 bits per heavy atom. The molecule has 3 rings (SSSR count). The van der Waals surface area contributed by atoms with E-state index in [9.17, 15) is 0 Å². The van der Waals surface area contributed by atoms with Gasteiger partial charge in [0.15, 0.2) is 0 Å². The van der Waals surface area contributed by atoms with Gasteiger partial charge in [-0.2, -0.15) is 0 Å². The van der Waals surface area contributed by atoms with Gasteiger partial charge in [-0.05, 0) is 37.0 Å². The molecule has 0 saturated carbocycles. The van der Waals surface area contributed by atoms with Crippen LogP contribution in [0.3, 0.4) is 0 Å². The van der Waals surface area contributed by atoms with E-state index in [0.29, 0.717) is 5.92 Å². The van der Waals surface area contributed by atoms with Crippen molar-refractivity contribution in [3.8, 4) is 0 Å². The molecule has 20 heavy (non-hydrogen) atoms. The maximum absolute atomic E-state index is 5.86. The quantitative estimate of drug-likeness (QED) is 0.663. The van der Waals surface area contributed by atoms with Crippen LogP contribution in [-0.4, -0.2) is 4.98 Å². The van der Waals surface area contributed by atoms with Crippen molar-refractivity contribution in [3.63, 3.8) is 0 Å². The van der Waals surface area contributed by atoms with E-state index in [4.69, 9.17) is 10.3 Å². The SMILES string of the molecule is CCc1occc1C(NN)C1CCCc2cccnc21. The standard InChI is InChI=1S/C16H21N3O/c1-2-14-12(8-10-20-14)16(19-17)13-7-3-5-11-6-4-9-18-15(11)13/h4,6,8-10,13,16,19H,2-3,5,7,17H2,1H3. The number of hydrogen-bond donors (Lipinski definition) is 2. The fourth-order valence-electron chi connectivity index (χ4n) is 3.31. The molecule has 0 fully saturated rings. The minimum Gasteiger partial charge on any atom is -0.469 e. The molecule has 1 aliphatic carbocycles. The van der Waals surface area contributed by atoms with E-state index in [2.05, 4.69) is 23.4 Å². The summed E-state index contributed by atoms with van der Waals surface area (Å²) in [5, 5.41) is 0. The van der Waals surface area contributed by atoms with E-state index >= 15 is 0 Å². The normalized spacial score (nSPS) is 19.6. The number of nitrogens with zero attached hydrogens (tertiary/aromatic N) is 1. The van der Waals surface area contributed by atoms with Crippen molar-refractivity contribution in [2.45, 2.75) is 44.6 Å². The molecular formula is C16H21N3O. The van der Waals surface area contributed by atoms with Gasteiger partial charge in [-0.15, -0.1) is 0 Å². The number of aromatic nitrogens is 1. The van der Waals surface area contributed by atoms with Crippen LogP contribution in [0.4, 0.5) is 0 Å². The highest BCUT2D eigenvalue weighted by atomic mass is 16.3. The van der Waals surface area contributed by atoms with Gasteiger partial charge in [-0.1, -0.05) is 13.0 Å². The van der Waals surface area contributed by atoms with Crippen LogP contribution in [0.25, 0.3) is 0 Å². The van der Waals surface area contributed by atoms with Crippen LogP contribution in [0.2, 0.25) is 0 Å². The van der Waals surface area contributed by atoms with Crippen LogP contribution >= 0.6 is 0 Å². The van der Waals surface area contributed by atoms with E-state index in [1.54, 1.807) is 6.26 Å². The second kappa shape index (κ2) is 5.77. The molecule has 4 heteroatoms. The molecule has 0 aliphatic heterocycles. The minimum absolute atomic E-state index is 0.0673. The maximum Gasteiger partial charge on any atom is 0.108 e. The Balaban J connectivity index is 1.99. The summed E-state index contributed by atoms with van der Waals surface area (Å²) in [7, 11) is 0. The number of aryl methyl sites for hydroxylation is 2. The molecule has 0 saturated heterocycles. The summed E-state index contributed by atoms with van der Waals surface area (Å²) < 4.78 is 5.56. The lowest BCUT2D eigenvalue weighted by atomic mass is 9.79. The largest absolute Gasteiger partial charge is 0.469 e. The van der Waals surface area contributed by atoms with Gasteiger partial charge in [0.1, 0.15) is 5.76 Å². The van der Waals surface area contributed by atoms with Crippen molar-refractivity contribution in [3.05, 3.63) is 53.2 Å². The third-order valence-electron chi connectivity index (χ3n) is 4.26. The molecule has 2 aromatic heterocycles. The van der Waals surface area contributed by atoms with E-state index in [-0.39, 0.29) is 6.04 Å². The average Bonchev–Trinajstić information content (AvgIpc) is 2.97. The summed E-state index contributed by atoms with van der Waals surface area (Å²) in [6, 6.07) is 6.29. The van der Waals surface area contributed by atoms with Gasteiger partial charge >= 0.3 is 0 Å². The number of pyridine rings is 1. The van der Waals surface area contributed by atoms with Crippen molar-refractivity contribution in [1.82, 2.24) is 10.4 Å². The second-order valence-electron chi connectivity index (χ2n) is 5.34. The molecule has 0 radical (unpaired) electrons. The number of fused-ring (bicyclic) bond motifs is 1. The molecule has 106 valence electrons. The monoisotopic (exact) mass is 271 g/mol. The molecule has 2 unspecified atom stereocenters. The Hall–Kier alpha value is -1.65. The predicted molar refractivity (Wildman–Crippen MR) is 78.1 cm³/mol. The molecule has 2 heterocycles. The average molecular weight is 271 g/mol. The first kappa shape index (κ1) is 13.3. The summed E-state index contributed by atoms with van der Waals surface area (Å²) in [6.45, 7) is 2.10. The van der Waals surface area contributed by atoms with Gasteiger partial charge in [0.2, 0.25) is 0 Å². The third kappa shape index (κ3) is 2.25. The van der Waals surface area contributed by atoms with Crippen molar-refractivity contribution in [2.24, 2.45) is 5.84 Å². The first-order valence-corrected chi connectivity index (χ1v) is 7.31. The highest BCUT2D eigenvalue weighted by Crippen LogP contribution is 2.40. The molecular weight excluding hydrogens is 250 g/mol. The van der Waals surface area contributed by atoms with Crippen molar-refractivity contribution < 1.29 is 4.42 Å². The van der Waals surface area contributed by atoms with Crippen molar-refractivity contribution in [1.29, 1.82) is 0 Å². The molecule has 0 spiro atoms. The van der Waals surface area contributed by atoms with E-state index < -0.39 is 0 Å². The highest BCUT2D eigenvalue weighted by Gasteiger charge is 2.31. The summed E-state index contributed by atoms with van der Waals surface area (Å²) in [6.07, 6.45) is 7.90. The van der Waals surface area contributed by atoms with Gasteiger partial charge in [-0.25, -0.2) is 0 Å². The predicted octanol–water partition coefficient (Wildman–Crippen LogP) is 2.86. The summed E-state index contributed by atoms with van der Waals surface area (Å²) in [5.41, 5.74) is 6.69. The zero-order valence-corrected chi connectivity index (χ0v) is 11.8. The van der Waals surface area contributed by atoms with Gasteiger partial charge in [0, 0.05) is 29.8 Å². The molecule has 0 aromatic carbocycles. The number of hydrazine groups is 1. The van der Waals surface area contributed by atoms with Crippen LogP contribution in [0, 0.1) is 0 Å². The topological polar surface area (TPSA) is 64.1 Å². The second-order valence-corrected chi connectivity index (χ2v) is 5.34. The molecule has 0 amide bonds. The van der Waals surface area contributed by atoms with Crippen molar-refractivity contribution >= 4 is 0 Å². The van der Waals surface area contributed by atoms with Crippen LogP contribution in [-0.2, 0) is 12.8 Å². The Kier molecular flexibility index (Phi) is 3.85. The van der Waals surface area contributed by atoms with Crippen LogP contribution in [0.1, 0.15) is 54.3 Å². The molecule has 1 aliphatic rings. The number of nitrogens with two attached hydrogens (primary N) is 1. The fourth-order valence-corrected chi connectivity index (χ4v) is 3.31. The minimum atomic E-state index is 0.0673. The van der Waals surface area contributed by atoms with Crippen LogP contribution < -0.4 is 11.3 Å². The van der Waals surface area contributed by atoms with Gasteiger partial charge in [-0.3, -0.25) is 16.3 Å². The number of rotatable bonds is 4. The molecule has 4 nitrogen and oxygen atoms in total. The molecule has 2 aromatic rings. The zero-order chi connectivity index (χ0) is 13.9. The molecule has 0 bridgehead atoms. The summed E-state index contributed by atoms with van der Waals surface area (Å²) in [4.78, 5) is 4.61. The van der Waals surface area contributed by atoms with E-state index in [1.165, 1.54) is 23.2 Å². The first-order chi connectivity index (χ1) is 9.85. The molecule has 2 atom stereocenters. The summed E-state index contributed by atoms with van der Waals surface area (Å²) >= 11 is 0. The Bertz CT molecular complexity index is 579. The smallest absolute Gasteiger partial charge is 0.108 e. The van der Waals surface area contributed by atoms with Crippen molar-refractivity contribution in [2.75, 3.05) is 0 Å². The van der Waals surface area contributed by atoms with Crippen LogP contribution in [0.15, 0.2) is 35.1 Å². The molecule has 3 N–H and O–H groups in total. The van der Waals surface area contributed by atoms with E-state index in [1.807, 2.05) is 18.3 Å².